The van der Waals surface area contributed by atoms with Gasteiger partial charge in [-0.05, 0) is 69.5 Å². The zero-order valence-electron chi connectivity index (χ0n) is 14.6. The molecule has 1 fully saturated rings. The lowest BCUT2D eigenvalue weighted by atomic mass is 9.85. The fourth-order valence-corrected chi connectivity index (χ4v) is 3.67. The van der Waals surface area contributed by atoms with Gasteiger partial charge in [-0.2, -0.15) is 0 Å². The fraction of sp³-hybridized carbons (Fsp3) is 1.00. The van der Waals surface area contributed by atoms with E-state index in [-0.39, 0.29) is 0 Å². The average molecular weight is 283 g/mol. The molecular weight excluding hydrogens is 244 g/mol. The Hall–Kier alpha value is -0.0800. The van der Waals surface area contributed by atoms with Gasteiger partial charge in [0.15, 0.2) is 0 Å². The summed E-state index contributed by atoms with van der Waals surface area (Å²) in [5.41, 5.74) is 0. The molecule has 0 aliphatic carbocycles. The Morgan fingerprint density at radius 1 is 1.15 bits per heavy atom. The van der Waals surface area contributed by atoms with Crippen molar-refractivity contribution in [1.29, 1.82) is 0 Å². The first-order valence-electron chi connectivity index (χ1n) is 9.03. The Morgan fingerprint density at radius 3 is 2.35 bits per heavy atom. The van der Waals surface area contributed by atoms with Crippen molar-refractivity contribution in [3.8, 4) is 0 Å². The van der Waals surface area contributed by atoms with E-state index in [0.717, 1.165) is 23.8 Å². The van der Waals surface area contributed by atoms with E-state index in [1.54, 1.807) is 0 Å². The molecule has 120 valence electrons. The molecular formula is C18H38N2. The van der Waals surface area contributed by atoms with Crippen LogP contribution in [0.25, 0.3) is 0 Å². The normalized spacial score (nSPS) is 21.9. The van der Waals surface area contributed by atoms with Gasteiger partial charge in [0.25, 0.3) is 0 Å². The van der Waals surface area contributed by atoms with Crippen molar-refractivity contribution < 1.29 is 0 Å². The lowest BCUT2D eigenvalue weighted by molar-refractivity contribution is 0.144. The van der Waals surface area contributed by atoms with E-state index in [1.807, 2.05) is 0 Å². The number of piperidine rings is 1. The fourth-order valence-electron chi connectivity index (χ4n) is 3.67. The summed E-state index contributed by atoms with van der Waals surface area (Å²) in [6.07, 6.45) is 6.77. The Kier molecular flexibility index (Phi) is 8.79. The highest BCUT2D eigenvalue weighted by Crippen LogP contribution is 2.23. The largest absolute Gasteiger partial charge is 0.316 e. The maximum Gasteiger partial charge on any atom is 0.00901 e. The van der Waals surface area contributed by atoms with E-state index in [0.29, 0.717) is 0 Å². The van der Waals surface area contributed by atoms with Crippen LogP contribution in [0.4, 0.5) is 0 Å². The van der Waals surface area contributed by atoms with Crippen molar-refractivity contribution in [1.82, 2.24) is 10.2 Å². The highest BCUT2D eigenvalue weighted by molar-refractivity contribution is 4.77. The molecule has 0 bridgehead atoms. The first kappa shape index (κ1) is 18.0. The minimum atomic E-state index is 0.780. The molecule has 0 aromatic heterocycles. The SMILES string of the molecule is CCC(CC)N(CCC(C)C1CCCNC1)CC(C)C. The minimum Gasteiger partial charge on any atom is -0.316 e. The molecule has 20 heavy (non-hydrogen) atoms. The zero-order valence-corrected chi connectivity index (χ0v) is 14.6. The van der Waals surface area contributed by atoms with Crippen molar-refractivity contribution in [2.45, 2.75) is 72.8 Å². The van der Waals surface area contributed by atoms with Gasteiger partial charge in [-0.3, -0.25) is 0 Å². The van der Waals surface area contributed by atoms with Crippen LogP contribution in [0, 0.1) is 17.8 Å². The van der Waals surface area contributed by atoms with Crippen LogP contribution in [0.5, 0.6) is 0 Å². The van der Waals surface area contributed by atoms with E-state index in [9.17, 15) is 0 Å². The molecule has 0 aromatic rings. The van der Waals surface area contributed by atoms with E-state index < -0.39 is 0 Å². The standard InChI is InChI=1S/C18H38N2/c1-6-18(7-2)20(14-15(3)4)12-10-16(5)17-9-8-11-19-13-17/h15-19H,6-14H2,1-5H3. The second-order valence-electron chi connectivity index (χ2n) is 7.23. The smallest absolute Gasteiger partial charge is 0.00901 e. The first-order valence-corrected chi connectivity index (χ1v) is 9.03. The molecule has 2 heteroatoms. The maximum absolute atomic E-state index is 3.57. The summed E-state index contributed by atoms with van der Waals surface area (Å²) in [5, 5.41) is 3.57. The van der Waals surface area contributed by atoms with Crippen LogP contribution in [0.2, 0.25) is 0 Å². The van der Waals surface area contributed by atoms with Crippen molar-refractivity contribution in [3.05, 3.63) is 0 Å². The maximum atomic E-state index is 3.57. The molecule has 0 amide bonds. The molecule has 1 N–H and O–H groups in total. The lowest BCUT2D eigenvalue weighted by Gasteiger charge is -2.34. The van der Waals surface area contributed by atoms with Crippen LogP contribution in [0.15, 0.2) is 0 Å². The third kappa shape index (κ3) is 6.13. The van der Waals surface area contributed by atoms with Gasteiger partial charge in [0, 0.05) is 12.6 Å². The highest BCUT2D eigenvalue weighted by Gasteiger charge is 2.22. The lowest BCUT2D eigenvalue weighted by Crippen LogP contribution is -2.40. The van der Waals surface area contributed by atoms with E-state index >= 15 is 0 Å². The molecule has 1 saturated heterocycles. The van der Waals surface area contributed by atoms with Crippen LogP contribution in [-0.4, -0.2) is 37.1 Å². The van der Waals surface area contributed by atoms with Gasteiger partial charge >= 0.3 is 0 Å². The van der Waals surface area contributed by atoms with Gasteiger partial charge < -0.3 is 10.2 Å². The van der Waals surface area contributed by atoms with Crippen molar-refractivity contribution >= 4 is 0 Å². The summed E-state index contributed by atoms with van der Waals surface area (Å²) >= 11 is 0. The predicted octanol–water partition coefficient (Wildman–Crippen LogP) is 4.16. The molecule has 0 saturated carbocycles. The average Bonchev–Trinajstić information content (AvgIpc) is 2.45. The van der Waals surface area contributed by atoms with Gasteiger partial charge in [-0.15, -0.1) is 0 Å². The number of nitrogens with one attached hydrogen (secondary N) is 1. The van der Waals surface area contributed by atoms with E-state index in [2.05, 4.69) is 44.8 Å². The molecule has 2 unspecified atom stereocenters. The van der Waals surface area contributed by atoms with Crippen LogP contribution in [0.3, 0.4) is 0 Å². The number of nitrogens with zero attached hydrogens (tertiary/aromatic N) is 1. The first-order chi connectivity index (χ1) is 9.58. The van der Waals surface area contributed by atoms with Crippen LogP contribution >= 0.6 is 0 Å². The van der Waals surface area contributed by atoms with Crippen LogP contribution < -0.4 is 5.32 Å². The predicted molar refractivity (Wildman–Crippen MR) is 90.2 cm³/mol. The number of rotatable bonds is 9. The summed E-state index contributed by atoms with van der Waals surface area (Å²) in [7, 11) is 0. The Morgan fingerprint density at radius 2 is 1.85 bits per heavy atom. The van der Waals surface area contributed by atoms with Crippen LogP contribution in [-0.2, 0) is 0 Å². The van der Waals surface area contributed by atoms with Crippen LogP contribution in [0.1, 0.15) is 66.7 Å². The molecule has 2 atom stereocenters. The summed E-state index contributed by atoms with van der Waals surface area (Å²) in [6, 6.07) is 0.786. The second kappa shape index (κ2) is 9.78. The van der Waals surface area contributed by atoms with Gasteiger partial charge in [0.2, 0.25) is 0 Å². The summed E-state index contributed by atoms with van der Waals surface area (Å²) in [6.45, 7) is 16.9. The van der Waals surface area contributed by atoms with Crippen molar-refractivity contribution in [2.24, 2.45) is 17.8 Å². The third-order valence-electron chi connectivity index (χ3n) is 5.07. The topological polar surface area (TPSA) is 15.3 Å². The van der Waals surface area contributed by atoms with Gasteiger partial charge in [0.1, 0.15) is 0 Å². The van der Waals surface area contributed by atoms with E-state index in [4.69, 9.17) is 0 Å². The monoisotopic (exact) mass is 282 g/mol. The second-order valence-corrected chi connectivity index (χ2v) is 7.23. The Balaban J connectivity index is 2.43. The van der Waals surface area contributed by atoms with E-state index in [1.165, 1.54) is 58.3 Å². The number of hydrogen-bond donors (Lipinski definition) is 1. The quantitative estimate of drug-likeness (QED) is 0.683. The Labute approximate surface area is 127 Å². The molecule has 2 nitrogen and oxygen atoms in total. The highest BCUT2D eigenvalue weighted by atomic mass is 15.1. The molecule has 0 aromatic carbocycles. The molecule has 1 heterocycles. The van der Waals surface area contributed by atoms with Gasteiger partial charge in [-0.25, -0.2) is 0 Å². The summed E-state index contributed by atoms with van der Waals surface area (Å²) < 4.78 is 0. The Bertz CT molecular complexity index is 230. The molecule has 1 aliphatic rings. The zero-order chi connectivity index (χ0) is 15.0. The minimum absolute atomic E-state index is 0.780. The molecule has 1 aliphatic heterocycles. The molecule has 1 rings (SSSR count). The number of hydrogen-bond acceptors (Lipinski definition) is 2. The van der Waals surface area contributed by atoms with Crippen molar-refractivity contribution in [2.75, 3.05) is 26.2 Å². The van der Waals surface area contributed by atoms with Gasteiger partial charge in [0.05, 0.1) is 0 Å². The molecule has 0 spiro atoms. The third-order valence-corrected chi connectivity index (χ3v) is 5.07. The molecule has 0 radical (unpaired) electrons. The summed E-state index contributed by atoms with van der Waals surface area (Å²) in [4.78, 5) is 2.76. The van der Waals surface area contributed by atoms with Crippen molar-refractivity contribution in [3.63, 3.8) is 0 Å². The van der Waals surface area contributed by atoms with Gasteiger partial charge in [-0.1, -0.05) is 34.6 Å². The summed E-state index contributed by atoms with van der Waals surface area (Å²) in [5.74, 6) is 2.56.